The molecule has 0 radical (unpaired) electrons. The van der Waals surface area contributed by atoms with Gasteiger partial charge in [-0.3, -0.25) is 0 Å². The van der Waals surface area contributed by atoms with E-state index in [9.17, 15) is 0 Å². The number of aromatic nitrogens is 1. The highest BCUT2D eigenvalue weighted by Crippen LogP contribution is 2.50. The molecule has 0 N–H and O–H groups in total. The van der Waals surface area contributed by atoms with Crippen molar-refractivity contribution in [3.8, 4) is 27.9 Å². The van der Waals surface area contributed by atoms with Gasteiger partial charge >= 0.3 is 0 Å². The first-order chi connectivity index (χ1) is 24.8. The summed E-state index contributed by atoms with van der Waals surface area (Å²) in [6.45, 7) is 0. The number of rotatable bonds is 3. The Morgan fingerprint density at radius 3 is 1.54 bits per heavy atom. The average molecular weight is 652 g/mol. The molecule has 0 spiro atoms. The van der Waals surface area contributed by atoms with E-state index in [-0.39, 0.29) is 0 Å². The van der Waals surface area contributed by atoms with Gasteiger partial charge in [-0.15, -0.1) is 11.3 Å². The van der Waals surface area contributed by atoms with Crippen LogP contribution >= 0.6 is 11.3 Å². The van der Waals surface area contributed by atoms with Crippen LogP contribution in [0, 0.1) is 0 Å². The Bertz CT molecular complexity index is 3070. The van der Waals surface area contributed by atoms with E-state index in [2.05, 4.69) is 180 Å². The van der Waals surface area contributed by atoms with E-state index in [0.29, 0.717) is 0 Å². The zero-order valence-corrected chi connectivity index (χ0v) is 27.9. The van der Waals surface area contributed by atoms with Crippen molar-refractivity contribution >= 4 is 85.6 Å². The zero-order valence-electron chi connectivity index (χ0n) is 27.1. The lowest BCUT2D eigenvalue weighted by Gasteiger charge is -2.16. The Morgan fingerprint density at radius 1 is 0.320 bits per heavy atom. The van der Waals surface area contributed by atoms with Crippen molar-refractivity contribution in [3.05, 3.63) is 176 Å². The highest BCUT2D eigenvalue weighted by Gasteiger charge is 2.24. The quantitative estimate of drug-likeness (QED) is 0.179. The molecule has 0 saturated heterocycles. The fourth-order valence-electron chi connectivity index (χ4n) is 8.30. The molecule has 0 aliphatic heterocycles. The highest BCUT2D eigenvalue weighted by molar-refractivity contribution is 7.27. The van der Waals surface area contributed by atoms with Gasteiger partial charge in [-0.2, -0.15) is 0 Å². The van der Waals surface area contributed by atoms with E-state index in [0.717, 1.165) is 5.69 Å². The van der Waals surface area contributed by atoms with E-state index in [1.807, 2.05) is 11.3 Å². The lowest BCUT2D eigenvalue weighted by molar-refractivity contribution is 1.19. The Kier molecular flexibility index (Phi) is 5.89. The molecule has 1 nitrogen and oxygen atoms in total. The van der Waals surface area contributed by atoms with Crippen molar-refractivity contribution in [2.24, 2.45) is 0 Å². The maximum atomic E-state index is 2.58. The molecular weight excluding hydrogens is 623 g/mol. The number of fused-ring (bicyclic) bond motifs is 14. The van der Waals surface area contributed by atoms with Crippen LogP contribution in [-0.4, -0.2) is 4.57 Å². The molecule has 11 rings (SSSR count). The topological polar surface area (TPSA) is 4.93 Å². The molecule has 11 aromatic rings. The Morgan fingerprint density at radius 2 is 0.860 bits per heavy atom. The van der Waals surface area contributed by atoms with Gasteiger partial charge in [0.05, 0.1) is 11.0 Å². The number of nitrogens with zero attached hydrogens (tertiary/aromatic N) is 1. The van der Waals surface area contributed by atoms with Crippen LogP contribution in [0.4, 0.5) is 0 Å². The third-order valence-corrected chi connectivity index (χ3v) is 11.8. The van der Waals surface area contributed by atoms with Gasteiger partial charge in [0, 0.05) is 52.8 Å². The first-order valence-electron chi connectivity index (χ1n) is 17.2. The van der Waals surface area contributed by atoms with Crippen LogP contribution in [0.25, 0.3) is 102 Å². The maximum absolute atomic E-state index is 2.58. The third kappa shape index (κ3) is 3.94. The summed E-state index contributed by atoms with van der Waals surface area (Å²) < 4.78 is 5.29. The molecule has 0 aliphatic carbocycles. The van der Waals surface area contributed by atoms with Crippen LogP contribution in [-0.2, 0) is 0 Å². The van der Waals surface area contributed by atoms with E-state index >= 15 is 0 Å². The van der Waals surface area contributed by atoms with Crippen molar-refractivity contribution in [1.82, 2.24) is 4.57 Å². The van der Waals surface area contributed by atoms with Crippen molar-refractivity contribution < 1.29 is 0 Å². The summed E-state index contributed by atoms with van der Waals surface area (Å²) >= 11 is 1.94. The molecule has 0 atom stereocenters. The molecule has 0 saturated carbocycles. The molecule has 2 aromatic heterocycles. The summed E-state index contributed by atoms with van der Waals surface area (Å²) in [6, 6.07) is 64.8. The minimum atomic E-state index is 1.16. The van der Waals surface area contributed by atoms with Gasteiger partial charge in [-0.25, -0.2) is 0 Å². The second-order valence-electron chi connectivity index (χ2n) is 13.3. The van der Waals surface area contributed by atoms with Crippen LogP contribution in [0.2, 0.25) is 0 Å². The molecule has 9 aromatic carbocycles. The lowest BCUT2D eigenvalue weighted by Crippen LogP contribution is -1.97. The first kappa shape index (κ1) is 27.7. The average Bonchev–Trinajstić information content (AvgIpc) is 3.76. The van der Waals surface area contributed by atoms with Gasteiger partial charge in [0.25, 0.3) is 0 Å². The molecule has 2 heteroatoms. The summed E-state index contributed by atoms with van der Waals surface area (Å²) in [5, 5.41) is 13.0. The van der Waals surface area contributed by atoms with Crippen LogP contribution < -0.4 is 0 Å². The second kappa shape index (κ2) is 10.6. The summed E-state index contributed by atoms with van der Waals surface area (Å²) in [7, 11) is 0. The molecular formula is C48H29NS. The van der Waals surface area contributed by atoms with Gasteiger partial charge in [0.1, 0.15) is 0 Å². The predicted octanol–water partition coefficient (Wildman–Crippen LogP) is 13.9. The lowest BCUT2D eigenvalue weighted by atomic mass is 9.97. The van der Waals surface area contributed by atoms with E-state index in [1.165, 1.54) is 96.5 Å². The maximum Gasteiger partial charge on any atom is 0.0627 e. The van der Waals surface area contributed by atoms with E-state index < -0.39 is 0 Å². The minimum absolute atomic E-state index is 1.16. The molecule has 0 amide bonds. The Balaban J connectivity index is 1.40. The van der Waals surface area contributed by atoms with Gasteiger partial charge in [-0.05, 0) is 56.6 Å². The first-order valence-corrected chi connectivity index (χ1v) is 18.0. The Labute approximate surface area is 292 Å². The summed E-state index contributed by atoms with van der Waals surface area (Å²) in [4.78, 5) is 0. The molecule has 2 heterocycles. The monoisotopic (exact) mass is 651 g/mol. The normalized spacial score (nSPS) is 12.0. The van der Waals surface area contributed by atoms with Crippen LogP contribution in [0.5, 0.6) is 0 Å². The standard InChI is InChI=1S/C48H29NS/c1-3-13-30(14-4-1)34-27-35(31-15-5-2-6-16-31)29-36(28-34)49-45-37-19-9-7-17-32(37)23-25-41(45)43-44-42-26-24-33-18-8-10-20-38(33)47(42)50-48(44)40-22-12-11-21-39(40)46(43)49/h1-29H. The zero-order chi connectivity index (χ0) is 32.8. The van der Waals surface area contributed by atoms with Crippen LogP contribution in [0.3, 0.4) is 0 Å². The number of hydrogen-bond acceptors (Lipinski definition) is 1. The molecule has 0 aliphatic rings. The highest BCUT2D eigenvalue weighted by atomic mass is 32.1. The Hall–Kier alpha value is -6.22. The van der Waals surface area contributed by atoms with Crippen LogP contribution in [0.15, 0.2) is 176 Å². The smallest absolute Gasteiger partial charge is 0.0627 e. The van der Waals surface area contributed by atoms with Crippen molar-refractivity contribution in [2.45, 2.75) is 0 Å². The SMILES string of the molecule is c1ccc(-c2cc(-c3ccccc3)cc(-n3c4c5ccccc5ccc4c4c5c6ccc7ccccc7c6sc5c5ccccc5c43)c2)cc1. The van der Waals surface area contributed by atoms with Gasteiger partial charge < -0.3 is 4.57 Å². The molecule has 0 bridgehead atoms. The van der Waals surface area contributed by atoms with Gasteiger partial charge in [0.2, 0.25) is 0 Å². The summed E-state index contributed by atoms with van der Waals surface area (Å²) in [5.41, 5.74) is 8.50. The summed E-state index contributed by atoms with van der Waals surface area (Å²) in [6.07, 6.45) is 0. The number of thiophene rings is 1. The minimum Gasteiger partial charge on any atom is -0.308 e. The number of benzene rings is 9. The predicted molar refractivity (Wildman–Crippen MR) is 217 cm³/mol. The molecule has 50 heavy (non-hydrogen) atoms. The third-order valence-electron chi connectivity index (χ3n) is 10.5. The second-order valence-corrected chi connectivity index (χ2v) is 14.3. The van der Waals surface area contributed by atoms with Gasteiger partial charge in [-0.1, -0.05) is 158 Å². The van der Waals surface area contributed by atoms with Gasteiger partial charge in [0.15, 0.2) is 0 Å². The largest absolute Gasteiger partial charge is 0.308 e. The van der Waals surface area contributed by atoms with E-state index in [1.54, 1.807) is 0 Å². The van der Waals surface area contributed by atoms with Crippen LogP contribution in [0.1, 0.15) is 0 Å². The van der Waals surface area contributed by atoms with Crippen molar-refractivity contribution in [2.75, 3.05) is 0 Å². The van der Waals surface area contributed by atoms with Crippen molar-refractivity contribution in [1.29, 1.82) is 0 Å². The molecule has 232 valence electrons. The molecule has 0 fully saturated rings. The molecule has 0 unspecified atom stereocenters. The fourth-order valence-corrected chi connectivity index (χ4v) is 9.68. The summed E-state index contributed by atoms with van der Waals surface area (Å²) in [5.74, 6) is 0. The number of hydrogen-bond donors (Lipinski definition) is 0. The fraction of sp³-hybridized carbons (Fsp3) is 0. The van der Waals surface area contributed by atoms with E-state index in [4.69, 9.17) is 0 Å². The van der Waals surface area contributed by atoms with Crippen molar-refractivity contribution in [3.63, 3.8) is 0 Å².